The summed E-state index contributed by atoms with van der Waals surface area (Å²) >= 11 is 0. The molecule has 4 rings (SSSR count). The molecule has 2 fully saturated rings. The summed E-state index contributed by atoms with van der Waals surface area (Å²) in [5.74, 6) is -1.13. The first-order chi connectivity index (χ1) is 12.1. The summed E-state index contributed by atoms with van der Waals surface area (Å²) in [5.41, 5.74) is -3.25. The Morgan fingerprint density at radius 3 is 2.46 bits per heavy atom. The summed E-state index contributed by atoms with van der Waals surface area (Å²) in [6.07, 6.45) is 0.936. The summed E-state index contributed by atoms with van der Waals surface area (Å²) in [5, 5.41) is 53.0. The van der Waals surface area contributed by atoms with Gasteiger partial charge in [0.25, 0.3) is 0 Å². The van der Waals surface area contributed by atoms with Crippen molar-refractivity contribution in [1.29, 1.82) is 0 Å². The molecule has 1 spiro atoms. The van der Waals surface area contributed by atoms with Gasteiger partial charge in [0.2, 0.25) is 0 Å². The van der Waals surface area contributed by atoms with Gasteiger partial charge >= 0.3 is 0 Å². The Bertz CT molecular complexity index is 728. The number of allylic oxidation sites excluding steroid dienone is 1. The van der Waals surface area contributed by atoms with Crippen molar-refractivity contribution in [2.24, 2.45) is 34.5 Å². The molecule has 6 heteroatoms. The van der Waals surface area contributed by atoms with Crippen LogP contribution in [0.4, 0.5) is 0 Å². The van der Waals surface area contributed by atoms with E-state index in [0.717, 1.165) is 0 Å². The molecule has 144 valence electrons. The van der Waals surface area contributed by atoms with Gasteiger partial charge in [0.1, 0.15) is 17.8 Å². The average Bonchev–Trinajstić information content (AvgIpc) is 3.16. The Morgan fingerprint density at radius 1 is 1.23 bits per heavy atom. The highest BCUT2D eigenvalue weighted by Crippen LogP contribution is 2.71. The Hall–Kier alpha value is -1.05. The van der Waals surface area contributed by atoms with E-state index in [1.807, 2.05) is 13.8 Å². The molecule has 2 saturated carbocycles. The molecular weight excluding hydrogens is 336 g/mol. The third-order valence-corrected chi connectivity index (χ3v) is 8.07. The molecule has 0 aliphatic heterocycles. The van der Waals surface area contributed by atoms with Crippen LogP contribution in [0.15, 0.2) is 23.3 Å². The molecule has 0 aromatic rings. The second-order valence-corrected chi connectivity index (χ2v) is 9.11. The van der Waals surface area contributed by atoms with Crippen molar-refractivity contribution in [3.63, 3.8) is 0 Å². The zero-order valence-electron chi connectivity index (χ0n) is 15.4. The molecule has 2 bridgehead atoms. The van der Waals surface area contributed by atoms with Crippen LogP contribution in [-0.4, -0.2) is 62.3 Å². The number of ketones is 1. The summed E-state index contributed by atoms with van der Waals surface area (Å²) in [6.45, 7) is 4.95. The summed E-state index contributed by atoms with van der Waals surface area (Å²) in [6, 6.07) is 0. The molecule has 5 N–H and O–H groups in total. The van der Waals surface area contributed by atoms with Crippen LogP contribution >= 0.6 is 0 Å². The molecule has 0 unspecified atom stereocenters. The van der Waals surface area contributed by atoms with Gasteiger partial charge in [-0.2, -0.15) is 0 Å². The van der Waals surface area contributed by atoms with Crippen LogP contribution in [0.3, 0.4) is 0 Å². The highest BCUT2D eigenvalue weighted by atomic mass is 16.4. The number of aliphatic hydroxyl groups excluding tert-OH is 4. The number of carbonyl (C=O) groups is 1. The van der Waals surface area contributed by atoms with E-state index in [0.29, 0.717) is 12.0 Å². The summed E-state index contributed by atoms with van der Waals surface area (Å²) in [4.78, 5) is 13.8. The summed E-state index contributed by atoms with van der Waals surface area (Å²) in [7, 11) is 0. The molecule has 9 atom stereocenters. The van der Waals surface area contributed by atoms with E-state index >= 15 is 0 Å². The molecule has 0 aromatic heterocycles. The fraction of sp³-hybridized carbons (Fsp3) is 0.750. The number of aliphatic hydroxyl groups is 5. The Kier molecular flexibility index (Phi) is 3.71. The van der Waals surface area contributed by atoms with Crippen LogP contribution < -0.4 is 0 Å². The van der Waals surface area contributed by atoms with Gasteiger partial charge in [-0.25, -0.2) is 0 Å². The van der Waals surface area contributed by atoms with E-state index in [2.05, 4.69) is 0 Å². The lowest BCUT2D eigenvalue weighted by molar-refractivity contribution is -0.190. The van der Waals surface area contributed by atoms with Crippen molar-refractivity contribution in [3.05, 3.63) is 23.3 Å². The number of hydrogen-bond acceptors (Lipinski definition) is 6. The van der Waals surface area contributed by atoms with Crippen LogP contribution in [0.5, 0.6) is 0 Å². The molecule has 0 heterocycles. The second-order valence-electron chi connectivity index (χ2n) is 9.11. The molecule has 4 aliphatic carbocycles. The molecule has 26 heavy (non-hydrogen) atoms. The fourth-order valence-electron chi connectivity index (χ4n) is 6.48. The van der Waals surface area contributed by atoms with Gasteiger partial charge in [-0.05, 0) is 47.7 Å². The van der Waals surface area contributed by atoms with Crippen molar-refractivity contribution in [1.82, 2.24) is 0 Å². The molecule has 4 aliphatic rings. The number of fused-ring (bicyclic) bond motifs is 3. The minimum absolute atomic E-state index is 0.0293. The van der Waals surface area contributed by atoms with Gasteiger partial charge in [0, 0.05) is 12.5 Å². The van der Waals surface area contributed by atoms with Crippen molar-refractivity contribution >= 4 is 5.78 Å². The van der Waals surface area contributed by atoms with E-state index in [1.54, 1.807) is 19.1 Å². The normalized spacial score (nSPS) is 55.3. The van der Waals surface area contributed by atoms with Gasteiger partial charge in [0.15, 0.2) is 5.78 Å². The predicted octanol–water partition coefficient (Wildman–Crippen LogP) is -0.212. The Morgan fingerprint density at radius 2 is 1.88 bits per heavy atom. The van der Waals surface area contributed by atoms with Crippen molar-refractivity contribution in [3.8, 4) is 0 Å². The third kappa shape index (κ3) is 1.73. The van der Waals surface area contributed by atoms with Gasteiger partial charge in [-0.15, -0.1) is 0 Å². The fourth-order valence-corrected chi connectivity index (χ4v) is 6.48. The number of carbonyl (C=O) groups excluding carboxylic acids is 1. The second kappa shape index (κ2) is 5.26. The van der Waals surface area contributed by atoms with Crippen molar-refractivity contribution in [2.45, 2.75) is 45.0 Å². The van der Waals surface area contributed by atoms with Gasteiger partial charge in [-0.3, -0.25) is 4.79 Å². The van der Waals surface area contributed by atoms with Gasteiger partial charge < -0.3 is 25.5 Å². The molecule has 6 nitrogen and oxygen atoms in total. The van der Waals surface area contributed by atoms with E-state index in [-0.39, 0.29) is 41.1 Å². The van der Waals surface area contributed by atoms with Crippen LogP contribution in [0, 0.1) is 34.5 Å². The maximum Gasteiger partial charge on any atom is 0.153 e. The standard InChI is InChI=1S/C20H28O6/c1-9-6-19-10(2)4-13-14(18(13,3)8-22)12(17(19)25)5-11(7-21)16(24)20(19,26)15(9)23/h5-6,10,12-16,21-24,26H,4,7-8H2,1-3H3/t10-,12+,13-,14+,15+,16-,18+,19+,20-/m1/s1. The van der Waals surface area contributed by atoms with Crippen molar-refractivity contribution in [2.75, 3.05) is 13.2 Å². The summed E-state index contributed by atoms with van der Waals surface area (Å²) < 4.78 is 0. The number of rotatable bonds is 2. The van der Waals surface area contributed by atoms with Gasteiger partial charge in [0.05, 0.1) is 12.0 Å². The zero-order valence-corrected chi connectivity index (χ0v) is 15.4. The van der Waals surface area contributed by atoms with Crippen LogP contribution in [0.2, 0.25) is 0 Å². The average molecular weight is 364 g/mol. The molecule has 0 radical (unpaired) electrons. The smallest absolute Gasteiger partial charge is 0.153 e. The predicted molar refractivity (Wildman–Crippen MR) is 92.8 cm³/mol. The maximum atomic E-state index is 13.8. The topological polar surface area (TPSA) is 118 Å². The van der Waals surface area contributed by atoms with Crippen LogP contribution in [0.1, 0.15) is 27.2 Å². The highest BCUT2D eigenvalue weighted by Gasteiger charge is 2.76. The molecular formula is C20H28O6. The minimum atomic E-state index is -2.09. The SMILES string of the molecule is CC1=C[C@]23C(=O)[C@@H](C=C(CO)[C@@H](O)[C@]2(O)[C@H]1O)[C@H]1[C@@H](C[C@H]3C)[C@]1(C)CO. The Balaban J connectivity index is 1.98. The lowest BCUT2D eigenvalue weighted by atomic mass is 9.59. The number of Topliss-reactive ketones (excluding diaryl/α,β-unsaturated/α-hetero) is 1. The number of hydrogen-bond donors (Lipinski definition) is 5. The first kappa shape index (κ1) is 18.3. The van der Waals surface area contributed by atoms with E-state index in [4.69, 9.17) is 0 Å². The first-order valence-electron chi connectivity index (χ1n) is 9.35. The monoisotopic (exact) mass is 364 g/mol. The van der Waals surface area contributed by atoms with Crippen LogP contribution in [-0.2, 0) is 4.79 Å². The molecule has 0 saturated heterocycles. The minimum Gasteiger partial charge on any atom is -0.396 e. The molecule has 0 amide bonds. The largest absolute Gasteiger partial charge is 0.396 e. The van der Waals surface area contributed by atoms with E-state index < -0.39 is 35.7 Å². The lowest BCUT2D eigenvalue weighted by Gasteiger charge is -2.48. The van der Waals surface area contributed by atoms with E-state index in [1.165, 1.54) is 0 Å². The molecule has 0 aromatic carbocycles. The first-order valence-corrected chi connectivity index (χ1v) is 9.35. The maximum absolute atomic E-state index is 13.8. The van der Waals surface area contributed by atoms with E-state index in [9.17, 15) is 30.3 Å². The van der Waals surface area contributed by atoms with Gasteiger partial charge in [-0.1, -0.05) is 26.0 Å². The van der Waals surface area contributed by atoms with Crippen LogP contribution in [0.25, 0.3) is 0 Å². The lowest BCUT2D eigenvalue weighted by Crippen LogP contribution is -2.65. The highest BCUT2D eigenvalue weighted by molar-refractivity contribution is 5.95. The quantitative estimate of drug-likeness (QED) is 0.433. The Labute approximate surface area is 152 Å². The zero-order chi connectivity index (χ0) is 19.2. The van der Waals surface area contributed by atoms with Crippen molar-refractivity contribution < 1.29 is 30.3 Å². The third-order valence-electron chi connectivity index (χ3n) is 8.07.